The Kier molecular flexibility index (Phi) is 2.82. The minimum absolute atomic E-state index is 0.103. The molecule has 3 N–H and O–H groups in total. The fraction of sp³-hybridized carbons (Fsp3) is 0.467. The summed E-state index contributed by atoms with van der Waals surface area (Å²) in [5, 5.41) is 4.04. The molecule has 2 aliphatic rings. The number of anilines is 2. The standard InChI is InChI=1S/C15H18N4OS/c1-8-18-11-6-12(10(16)5-14(11)21-8)19-4-2-3-9-13(19)7-17-15(9)20/h5-6,9,13H,2-4,7,16H2,1H3,(H,17,20). The highest BCUT2D eigenvalue weighted by Crippen LogP contribution is 2.37. The van der Waals surface area contributed by atoms with Crippen molar-refractivity contribution in [2.75, 3.05) is 23.7 Å². The normalized spacial score (nSPS) is 25.2. The van der Waals surface area contributed by atoms with Crippen LogP contribution in [0.3, 0.4) is 0 Å². The second-order valence-electron chi connectivity index (χ2n) is 5.87. The zero-order chi connectivity index (χ0) is 14.6. The lowest BCUT2D eigenvalue weighted by Gasteiger charge is -2.38. The van der Waals surface area contributed by atoms with Crippen molar-refractivity contribution in [3.05, 3.63) is 17.1 Å². The van der Waals surface area contributed by atoms with Crippen LogP contribution in [0.4, 0.5) is 11.4 Å². The van der Waals surface area contributed by atoms with Gasteiger partial charge in [-0.15, -0.1) is 11.3 Å². The van der Waals surface area contributed by atoms with E-state index in [1.54, 1.807) is 11.3 Å². The molecule has 1 aromatic heterocycles. The number of nitrogens with zero attached hydrogens (tertiary/aromatic N) is 2. The van der Waals surface area contributed by atoms with Gasteiger partial charge in [0.25, 0.3) is 0 Å². The number of hydrogen-bond donors (Lipinski definition) is 2. The van der Waals surface area contributed by atoms with E-state index in [0.717, 1.165) is 52.5 Å². The SMILES string of the molecule is Cc1nc2cc(N3CCCC4C(=O)NCC43)c(N)cc2s1. The summed E-state index contributed by atoms with van der Waals surface area (Å²) in [6, 6.07) is 4.33. The zero-order valence-electron chi connectivity index (χ0n) is 11.9. The molecule has 2 aromatic rings. The van der Waals surface area contributed by atoms with Gasteiger partial charge in [-0.05, 0) is 31.9 Å². The molecule has 0 saturated carbocycles. The van der Waals surface area contributed by atoms with E-state index in [0.29, 0.717) is 0 Å². The third kappa shape index (κ3) is 1.97. The van der Waals surface area contributed by atoms with Crippen LogP contribution in [0.2, 0.25) is 0 Å². The van der Waals surface area contributed by atoms with Crippen LogP contribution in [0.15, 0.2) is 12.1 Å². The number of piperidine rings is 1. The smallest absolute Gasteiger partial charge is 0.225 e. The highest BCUT2D eigenvalue weighted by molar-refractivity contribution is 7.18. The van der Waals surface area contributed by atoms with Gasteiger partial charge in [-0.3, -0.25) is 4.79 Å². The van der Waals surface area contributed by atoms with E-state index in [9.17, 15) is 4.79 Å². The molecule has 2 fully saturated rings. The number of nitrogens with one attached hydrogen (secondary N) is 1. The molecule has 2 aliphatic heterocycles. The van der Waals surface area contributed by atoms with Crippen LogP contribution in [-0.4, -0.2) is 30.0 Å². The van der Waals surface area contributed by atoms with Crippen molar-refractivity contribution in [3.63, 3.8) is 0 Å². The van der Waals surface area contributed by atoms with Gasteiger partial charge in [-0.2, -0.15) is 0 Å². The summed E-state index contributed by atoms with van der Waals surface area (Å²) in [6.45, 7) is 3.68. The lowest BCUT2D eigenvalue weighted by atomic mass is 9.91. The van der Waals surface area contributed by atoms with Crippen LogP contribution >= 0.6 is 11.3 Å². The van der Waals surface area contributed by atoms with Crippen molar-refractivity contribution < 1.29 is 4.79 Å². The van der Waals surface area contributed by atoms with Crippen LogP contribution in [0.25, 0.3) is 10.2 Å². The number of benzene rings is 1. The van der Waals surface area contributed by atoms with Crippen molar-refractivity contribution in [1.82, 2.24) is 10.3 Å². The molecular formula is C15H18N4OS. The second kappa shape index (κ2) is 4.59. The topological polar surface area (TPSA) is 71.2 Å². The average Bonchev–Trinajstić information content (AvgIpc) is 3.00. The molecule has 2 atom stereocenters. The monoisotopic (exact) mass is 302 g/mol. The number of aryl methyl sites for hydroxylation is 1. The lowest BCUT2D eigenvalue weighted by molar-refractivity contribution is -0.122. The summed E-state index contributed by atoms with van der Waals surface area (Å²) < 4.78 is 1.13. The molecule has 2 saturated heterocycles. The first-order valence-electron chi connectivity index (χ1n) is 7.34. The molecule has 110 valence electrons. The molecule has 0 spiro atoms. The predicted molar refractivity (Wildman–Crippen MR) is 85.6 cm³/mol. The van der Waals surface area contributed by atoms with E-state index in [1.165, 1.54) is 0 Å². The molecular weight excluding hydrogens is 284 g/mol. The quantitative estimate of drug-likeness (QED) is 0.789. The number of thiazole rings is 1. The first-order valence-corrected chi connectivity index (χ1v) is 8.16. The van der Waals surface area contributed by atoms with E-state index < -0.39 is 0 Å². The summed E-state index contributed by atoms with van der Waals surface area (Å²) in [5.74, 6) is 0.292. The molecule has 1 aromatic carbocycles. The number of amides is 1. The van der Waals surface area contributed by atoms with Crippen LogP contribution in [0.1, 0.15) is 17.8 Å². The van der Waals surface area contributed by atoms with Crippen LogP contribution in [0.5, 0.6) is 0 Å². The number of carbonyl (C=O) groups excluding carboxylic acids is 1. The third-order valence-corrected chi connectivity index (χ3v) is 5.49. The summed E-state index contributed by atoms with van der Waals surface area (Å²) in [7, 11) is 0. The Morgan fingerprint density at radius 1 is 1.48 bits per heavy atom. The van der Waals surface area contributed by atoms with Gasteiger partial charge in [0.05, 0.1) is 38.6 Å². The van der Waals surface area contributed by atoms with Gasteiger partial charge in [-0.1, -0.05) is 0 Å². The molecule has 1 amide bonds. The van der Waals surface area contributed by atoms with Crippen LogP contribution in [0, 0.1) is 12.8 Å². The highest BCUT2D eigenvalue weighted by atomic mass is 32.1. The minimum Gasteiger partial charge on any atom is -0.397 e. The average molecular weight is 302 g/mol. The van der Waals surface area contributed by atoms with E-state index in [1.807, 2.05) is 13.0 Å². The number of rotatable bonds is 1. The number of fused-ring (bicyclic) bond motifs is 2. The molecule has 0 aliphatic carbocycles. The molecule has 0 bridgehead atoms. The first kappa shape index (κ1) is 12.9. The Balaban J connectivity index is 1.78. The highest BCUT2D eigenvalue weighted by Gasteiger charge is 2.41. The number of carbonyl (C=O) groups is 1. The second-order valence-corrected chi connectivity index (χ2v) is 7.10. The lowest BCUT2D eigenvalue weighted by Crippen LogP contribution is -2.46. The van der Waals surface area contributed by atoms with Crippen LogP contribution < -0.4 is 16.0 Å². The third-order valence-electron chi connectivity index (χ3n) is 4.55. The minimum atomic E-state index is 0.103. The van der Waals surface area contributed by atoms with Crippen molar-refractivity contribution in [2.24, 2.45) is 5.92 Å². The van der Waals surface area contributed by atoms with Crippen molar-refractivity contribution >= 4 is 38.8 Å². The Labute approximate surface area is 127 Å². The predicted octanol–water partition coefficient (Wildman–Crippen LogP) is 1.90. The van der Waals surface area contributed by atoms with E-state index in [4.69, 9.17) is 5.73 Å². The van der Waals surface area contributed by atoms with Crippen molar-refractivity contribution in [3.8, 4) is 0 Å². The largest absolute Gasteiger partial charge is 0.397 e. The summed E-state index contributed by atoms with van der Waals surface area (Å²) in [4.78, 5) is 18.8. The first-order chi connectivity index (χ1) is 10.1. The van der Waals surface area contributed by atoms with Gasteiger partial charge in [0, 0.05) is 13.1 Å². The molecule has 6 heteroatoms. The van der Waals surface area contributed by atoms with Gasteiger partial charge < -0.3 is 16.0 Å². The Hall–Kier alpha value is -1.82. The van der Waals surface area contributed by atoms with Gasteiger partial charge in [0.2, 0.25) is 5.91 Å². The molecule has 21 heavy (non-hydrogen) atoms. The fourth-order valence-electron chi connectivity index (χ4n) is 3.59. The van der Waals surface area contributed by atoms with Crippen molar-refractivity contribution in [2.45, 2.75) is 25.8 Å². The van der Waals surface area contributed by atoms with Gasteiger partial charge in [0.1, 0.15) is 0 Å². The van der Waals surface area contributed by atoms with Gasteiger partial charge >= 0.3 is 0 Å². The fourth-order valence-corrected chi connectivity index (χ4v) is 4.45. The summed E-state index contributed by atoms with van der Waals surface area (Å²) >= 11 is 1.67. The van der Waals surface area contributed by atoms with Gasteiger partial charge in [-0.25, -0.2) is 4.98 Å². The maximum atomic E-state index is 11.9. The van der Waals surface area contributed by atoms with Crippen molar-refractivity contribution in [1.29, 1.82) is 0 Å². The molecule has 4 rings (SSSR count). The summed E-state index contributed by atoms with van der Waals surface area (Å²) in [6.07, 6.45) is 2.01. The number of aromatic nitrogens is 1. The van der Waals surface area contributed by atoms with E-state index >= 15 is 0 Å². The maximum Gasteiger partial charge on any atom is 0.225 e. The van der Waals surface area contributed by atoms with E-state index in [2.05, 4.69) is 21.3 Å². The molecule has 2 unspecified atom stereocenters. The summed E-state index contributed by atoms with van der Waals surface area (Å²) in [5.41, 5.74) is 9.09. The molecule has 0 radical (unpaired) electrons. The maximum absolute atomic E-state index is 11.9. The molecule has 5 nitrogen and oxygen atoms in total. The van der Waals surface area contributed by atoms with E-state index in [-0.39, 0.29) is 17.9 Å². The Morgan fingerprint density at radius 3 is 3.19 bits per heavy atom. The number of nitrogens with two attached hydrogens (primary N) is 1. The van der Waals surface area contributed by atoms with Crippen LogP contribution in [-0.2, 0) is 4.79 Å². The Bertz CT molecular complexity index is 726. The number of nitrogen functional groups attached to an aromatic ring is 1. The Morgan fingerprint density at radius 2 is 2.33 bits per heavy atom. The molecule has 3 heterocycles. The van der Waals surface area contributed by atoms with Gasteiger partial charge in [0.15, 0.2) is 0 Å². The zero-order valence-corrected chi connectivity index (χ0v) is 12.7. The number of hydrogen-bond acceptors (Lipinski definition) is 5.